The molecular formula is C13H22N6O. The van der Waals surface area contributed by atoms with Crippen LogP contribution in [0.1, 0.15) is 19.3 Å². The van der Waals surface area contributed by atoms with E-state index in [1.807, 2.05) is 0 Å². The highest BCUT2D eigenvalue weighted by atomic mass is 16.5. The highest BCUT2D eigenvalue weighted by Gasteiger charge is 2.35. The summed E-state index contributed by atoms with van der Waals surface area (Å²) in [7, 11) is 3.86. The summed E-state index contributed by atoms with van der Waals surface area (Å²) in [4.78, 5) is 13.3. The first kappa shape index (κ1) is 13.4. The largest absolute Gasteiger partial charge is 0.490 e. The molecular weight excluding hydrogens is 256 g/mol. The number of aromatic nitrogens is 2. The molecule has 2 saturated heterocycles. The average Bonchev–Trinajstić information content (AvgIpc) is 2.71. The van der Waals surface area contributed by atoms with Crippen molar-refractivity contribution in [3.05, 3.63) is 6.33 Å². The summed E-state index contributed by atoms with van der Waals surface area (Å²) in [5, 5.41) is 0. The molecule has 2 aliphatic heterocycles. The standard InChI is InChI=1S/C13H22N6O/c1-18-9-3-4-10(18)7-19(6-5-9)13-11(20-2)12(17-14)15-8-16-13/h8-10H,3-7,14H2,1-2H3,(H,15,16,17). The zero-order chi connectivity index (χ0) is 14.1. The van der Waals surface area contributed by atoms with E-state index < -0.39 is 0 Å². The van der Waals surface area contributed by atoms with Gasteiger partial charge in [-0.1, -0.05) is 0 Å². The number of ether oxygens (including phenoxy) is 1. The van der Waals surface area contributed by atoms with Gasteiger partial charge in [0, 0.05) is 25.2 Å². The maximum Gasteiger partial charge on any atom is 0.205 e. The number of nitrogens with one attached hydrogen (secondary N) is 1. The van der Waals surface area contributed by atoms with Gasteiger partial charge in [0.05, 0.1) is 7.11 Å². The van der Waals surface area contributed by atoms with Crippen LogP contribution in [-0.2, 0) is 0 Å². The summed E-state index contributed by atoms with van der Waals surface area (Å²) in [5.74, 6) is 7.47. The number of nitrogens with zero attached hydrogens (tertiary/aromatic N) is 4. The SMILES string of the molecule is COc1c(NN)ncnc1N1CCC2CCC(C1)N2C. The lowest BCUT2D eigenvalue weighted by molar-refractivity contribution is 0.254. The number of nitrogen functional groups attached to an aromatic ring is 1. The van der Waals surface area contributed by atoms with Crippen molar-refractivity contribution in [3.8, 4) is 5.75 Å². The maximum atomic E-state index is 5.49. The molecule has 0 saturated carbocycles. The van der Waals surface area contributed by atoms with Gasteiger partial charge in [-0.05, 0) is 26.3 Å². The fourth-order valence-corrected chi connectivity index (χ4v) is 3.38. The molecule has 0 aliphatic carbocycles. The Labute approximate surface area is 119 Å². The number of likely N-dealkylation sites (N-methyl/N-ethyl adjacent to an activating group) is 1. The molecule has 2 aliphatic rings. The van der Waals surface area contributed by atoms with Gasteiger partial charge in [-0.25, -0.2) is 15.8 Å². The molecule has 0 amide bonds. The van der Waals surface area contributed by atoms with Crippen LogP contribution in [0.25, 0.3) is 0 Å². The number of hydrogen-bond donors (Lipinski definition) is 2. The van der Waals surface area contributed by atoms with Crippen molar-refractivity contribution in [2.24, 2.45) is 5.84 Å². The van der Waals surface area contributed by atoms with Crippen molar-refractivity contribution >= 4 is 11.6 Å². The van der Waals surface area contributed by atoms with Gasteiger partial charge in [0.15, 0.2) is 11.6 Å². The Balaban J connectivity index is 1.89. The van der Waals surface area contributed by atoms with Crippen LogP contribution < -0.4 is 20.9 Å². The van der Waals surface area contributed by atoms with Gasteiger partial charge in [-0.3, -0.25) is 4.90 Å². The fraction of sp³-hybridized carbons (Fsp3) is 0.692. The monoisotopic (exact) mass is 278 g/mol. The molecule has 3 rings (SSSR count). The molecule has 2 fully saturated rings. The molecule has 3 N–H and O–H groups in total. The lowest BCUT2D eigenvalue weighted by Crippen LogP contribution is -2.37. The zero-order valence-electron chi connectivity index (χ0n) is 12.0. The van der Waals surface area contributed by atoms with Crippen LogP contribution >= 0.6 is 0 Å². The molecule has 110 valence electrons. The minimum Gasteiger partial charge on any atom is -0.490 e. The molecule has 3 heterocycles. The molecule has 0 spiro atoms. The van der Waals surface area contributed by atoms with E-state index >= 15 is 0 Å². The molecule has 1 aromatic heterocycles. The van der Waals surface area contributed by atoms with Gasteiger partial charge in [-0.15, -0.1) is 0 Å². The van der Waals surface area contributed by atoms with Crippen LogP contribution in [0.2, 0.25) is 0 Å². The summed E-state index contributed by atoms with van der Waals surface area (Å²) in [6.07, 6.45) is 5.25. The lowest BCUT2D eigenvalue weighted by Gasteiger charge is -2.27. The van der Waals surface area contributed by atoms with Gasteiger partial charge >= 0.3 is 0 Å². The first-order valence-corrected chi connectivity index (χ1v) is 7.07. The van der Waals surface area contributed by atoms with Gasteiger partial charge < -0.3 is 15.1 Å². The van der Waals surface area contributed by atoms with Crippen molar-refractivity contribution in [2.75, 3.05) is 37.6 Å². The summed E-state index contributed by atoms with van der Waals surface area (Å²) < 4.78 is 5.45. The van der Waals surface area contributed by atoms with E-state index in [0.29, 0.717) is 23.7 Å². The van der Waals surface area contributed by atoms with Gasteiger partial charge in [0.2, 0.25) is 5.75 Å². The van der Waals surface area contributed by atoms with Gasteiger partial charge in [0.25, 0.3) is 0 Å². The second kappa shape index (κ2) is 5.41. The summed E-state index contributed by atoms with van der Waals surface area (Å²) >= 11 is 0. The Bertz CT molecular complexity index is 482. The van der Waals surface area contributed by atoms with Crippen molar-refractivity contribution in [1.29, 1.82) is 0 Å². The smallest absolute Gasteiger partial charge is 0.205 e. The number of hydrazine groups is 1. The van der Waals surface area contributed by atoms with E-state index in [2.05, 4.69) is 32.2 Å². The quantitative estimate of drug-likeness (QED) is 0.613. The highest BCUT2D eigenvalue weighted by Crippen LogP contribution is 2.35. The normalized spacial score (nSPS) is 26.4. The van der Waals surface area contributed by atoms with Gasteiger partial charge in [-0.2, -0.15) is 0 Å². The van der Waals surface area contributed by atoms with E-state index in [1.165, 1.54) is 19.2 Å². The molecule has 0 radical (unpaired) electrons. The minimum absolute atomic E-state index is 0.528. The van der Waals surface area contributed by atoms with E-state index in [1.54, 1.807) is 7.11 Å². The maximum absolute atomic E-state index is 5.49. The number of rotatable bonds is 3. The second-order valence-electron chi connectivity index (χ2n) is 5.51. The molecule has 2 bridgehead atoms. The van der Waals surface area contributed by atoms with Crippen molar-refractivity contribution in [1.82, 2.24) is 14.9 Å². The molecule has 1 aromatic rings. The van der Waals surface area contributed by atoms with Crippen molar-refractivity contribution in [3.63, 3.8) is 0 Å². The third kappa shape index (κ3) is 2.16. The lowest BCUT2D eigenvalue weighted by atomic mass is 10.1. The van der Waals surface area contributed by atoms with Crippen molar-refractivity contribution in [2.45, 2.75) is 31.3 Å². The Morgan fingerprint density at radius 1 is 1.30 bits per heavy atom. The molecule has 2 atom stereocenters. The molecule has 7 heteroatoms. The average molecular weight is 278 g/mol. The van der Waals surface area contributed by atoms with Crippen LogP contribution in [0, 0.1) is 0 Å². The predicted molar refractivity (Wildman–Crippen MR) is 77.8 cm³/mol. The number of fused-ring (bicyclic) bond motifs is 2. The molecule has 2 unspecified atom stereocenters. The number of nitrogens with two attached hydrogens (primary N) is 1. The van der Waals surface area contributed by atoms with Crippen LogP contribution in [0.15, 0.2) is 6.33 Å². The van der Waals surface area contributed by atoms with Crippen LogP contribution in [-0.4, -0.2) is 54.2 Å². The molecule has 7 nitrogen and oxygen atoms in total. The van der Waals surface area contributed by atoms with Crippen LogP contribution in [0.3, 0.4) is 0 Å². The predicted octanol–water partition coefficient (Wildman–Crippen LogP) is 0.444. The topological polar surface area (TPSA) is 79.5 Å². The van der Waals surface area contributed by atoms with E-state index in [0.717, 1.165) is 25.3 Å². The van der Waals surface area contributed by atoms with E-state index in [9.17, 15) is 0 Å². The van der Waals surface area contributed by atoms with Gasteiger partial charge in [0.1, 0.15) is 6.33 Å². The first-order chi connectivity index (χ1) is 9.74. The van der Waals surface area contributed by atoms with E-state index in [4.69, 9.17) is 10.6 Å². The zero-order valence-corrected chi connectivity index (χ0v) is 12.0. The summed E-state index contributed by atoms with van der Waals surface area (Å²) in [5.41, 5.74) is 2.57. The number of hydrogen-bond acceptors (Lipinski definition) is 7. The number of anilines is 2. The highest BCUT2D eigenvalue weighted by molar-refractivity contribution is 5.64. The molecule has 20 heavy (non-hydrogen) atoms. The first-order valence-electron chi connectivity index (χ1n) is 7.07. The Morgan fingerprint density at radius 3 is 2.85 bits per heavy atom. The third-order valence-electron chi connectivity index (χ3n) is 4.57. The van der Waals surface area contributed by atoms with Crippen molar-refractivity contribution < 1.29 is 4.74 Å². The Hall–Kier alpha value is -1.60. The Kier molecular flexibility index (Phi) is 3.62. The minimum atomic E-state index is 0.528. The fourth-order valence-electron chi connectivity index (χ4n) is 3.38. The van der Waals surface area contributed by atoms with E-state index in [-0.39, 0.29) is 0 Å². The van der Waals surface area contributed by atoms with Crippen LogP contribution in [0.4, 0.5) is 11.6 Å². The summed E-state index contributed by atoms with van der Waals surface area (Å²) in [6.45, 7) is 1.97. The summed E-state index contributed by atoms with van der Waals surface area (Å²) in [6, 6.07) is 1.29. The van der Waals surface area contributed by atoms with Crippen LogP contribution in [0.5, 0.6) is 5.75 Å². The molecule has 0 aromatic carbocycles. The number of methoxy groups -OCH3 is 1. The third-order valence-corrected chi connectivity index (χ3v) is 4.57. The Morgan fingerprint density at radius 2 is 2.10 bits per heavy atom. The second-order valence-corrected chi connectivity index (χ2v) is 5.51.